The Balaban J connectivity index is 2.08. The minimum absolute atomic E-state index is 0.986. The van der Waals surface area contributed by atoms with Gasteiger partial charge in [-0.05, 0) is 31.2 Å². The summed E-state index contributed by atoms with van der Waals surface area (Å²) in [5, 5.41) is 5.38. The van der Waals surface area contributed by atoms with Gasteiger partial charge in [0.25, 0.3) is 0 Å². The fourth-order valence-electron chi connectivity index (χ4n) is 4.04. The number of hydrogen-bond donors (Lipinski definition) is 0. The molecule has 5 aromatic rings. The molecule has 23 heavy (non-hydrogen) atoms. The standard InChI is InChI=1S/C21H18N2/c1-3-23-19-11-7-5-9-15(19)17-12-16-14-8-4-6-10-18(14)22(2)20(16)13-21(17)23/h4-13H,3H2,1-2H3. The largest absolute Gasteiger partial charge is 0.344 e. The van der Waals surface area contributed by atoms with E-state index in [2.05, 4.69) is 83.8 Å². The van der Waals surface area contributed by atoms with E-state index in [-0.39, 0.29) is 0 Å². The lowest BCUT2D eigenvalue weighted by Gasteiger charge is -2.04. The van der Waals surface area contributed by atoms with Crippen LogP contribution < -0.4 is 0 Å². The number of nitrogens with zero attached hydrogens (tertiary/aromatic N) is 2. The highest BCUT2D eigenvalue weighted by Gasteiger charge is 2.14. The summed E-state index contributed by atoms with van der Waals surface area (Å²) in [5.41, 5.74) is 5.25. The molecule has 0 fully saturated rings. The third-order valence-corrected chi connectivity index (χ3v) is 5.12. The third-order valence-electron chi connectivity index (χ3n) is 5.12. The average Bonchev–Trinajstić information content (AvgIpc) is 3.06. The third kappa shape index (κ3) is 1.53. The van der Waals surface area contributed by atoms with Gasteiger partial charge in [-0.1, -0.05) is 36.4 Å². The van der Waals surface area contributed by atoms with Gasteiger partial charge in [-0.15, -0.1) is 0 Å². The lowest BCUT2D eigenvalue weighted by atomic mass is 10.1. The van der Waals surface area contributed by atoms with Crippen LogP contribution in [0.3, 0.4) is 0 Å². The molecule has 0 aliphatic rings. The van der Waals surface area contributed by atoms with Gasteiger partial charge in [-0.3, -0.25) is 0 Å². The molecular weight excluding hydrogens is 280 g/mol. The minimum atomic E-state index is 0.986. The molecule has 0 radical (unpaired) electrons. The second-order valence-electron chi connectivity index (χ2n) is 6.22. The molecule has 0 saturated carbocycles. The van der Waals surface area contributed by atoms with E-state index >= 15 is 0 Å². The van der Waals surface area contributed by atoms with Crippen molar-refractivity contribution in [2.75, 3.05) is 0 Å². The van der Waals surface area contributed by atoms with Crippen LogP contribution in [0.25, 0.3) is 43.6 Å². The van der Waals surface area contributed by atoms with Crippen molar-refractivity contribution in [1.29, 1.82) is 0 Å². The summed E-state index contributed by atoms with van der Waals surface area (Å²) in [7, 11) is 2.16. The number of hydrogen-bond acceptors (Lipinski definition) is 0. The Morgan fingerprint density at radius 2 is 1.26 bits per heavy atom. The van der Waals surface area contributed by atoms with Crippen LogP contribution in [-0.4, -0.2) is 9.13 Å². The first-order valence-corrected chi connectivity index (χ1v) is 8.17. The Bertz CT molecular complexity index is 1200. The second-order valence-corrected chi connectivity index (χ2v) is 6.22. The number of para-hydroxylation sites is 2. The second kappa shape index (κ2) is 4.39. The van der Waals surface area contributed by atoms with Crippen molar-refractivity contribution in [2.24, 2.45) is 7.05 Å². The molecule has 112 valence electrons. The Kier molecular flexibility index (Phi) is 2.44. The number of aromatic nitrogens is 2. The highest BCUT2D eigenvalue weighted by atomic mass is 15.0. The first-order valence-electron chi connectivity index (χ1n) is 8.17. The zero-order valence-corrected chi connectivity index (χ0v) is 13.4. The lowest BCUT2D eigenvalue weighted by Crippen LogP contribution is -1.93. The van der Waals surface area contributed by atoms with Crippen LogP contribution in [0.5, 0.6) is 0 Å². The van der Waals surface area contributed by atoms with E-state index in [1.54, 1.807) is 0 Å². The normalized spacial score (nSPS) is 12.1. The molecule has 0 aliphatic carbocycles. The van der Waals surface area contributed by atoms with E-state index < -0.39 is 0 Å². The minimum Gasteiger partial charge on any atom is -0.344 e. The molecule has 0 unspecified atom stereocenters. The van der Waals surface area contributed by atoms with E-state index in [0.717, 1.165) is 6.54 Å². The van der Waals surface area contributed by atoms with Gasteiger partial charge in [0, 0.05) is 46.2 Å². The maximum atomic E-state index is 2.42. The van der Waals surface area contributed by atoms with Gasteiger partial charge in [0.15, 0.2) is 0 Å². The molecule has 5 rings (SSSR count). The van der Waals surface area contributed by atoms with Gasteiger partial charge in [-0.25, -0.2) is 0 Å². The summed E-state index contributed by atoms with van der Waals surface area (Å²) < 4.78 is 4.73. The zero-order valence-electron chi connectivity index (χ0n) is 13.4. The molecule has 2 heterocycles. The Morgan fingerprint density at radius 3 is 2.00 bits per heavy atom. The highest BCUT2D eigenvalue weighted by Crippen LogP contribution is 2.36. The molecule has 2 nitrogen and oxygen atoms in total. The van der Waals surface area contributed by atoms with Gasteiger partial charge >= 0.3 is 0 Å². The van der Waals surface area contributed by atoms with Crippen molar-refractivity contribution >= 4 is 43.6 Å². The van der Waals surface area contributed by atoms with E-state index in [1.165, 1.54) is 43.6 Å². The molecule has 0 amide bonds. The van der Waals surface area contributed by atoms with Crippen LogP contribution in [-0.2, 0) is 13.6 Å². The maximum Gasteiger partial charge on any atom is 0.0512 e. The fourth-order valence-corrected chi connectivity index (χ4v) is 4.04. The van der Waals surface area contributed by atoms with E-state index in [4.69, 9.17) is 0 Å². The zero-order chi connectivity index (χ0) is 15.6. The monoisotopic (exact) mass is 298 g/mol. The van der Waals surface area contributed by atoms with Gasteiger partial charge < -0.3 is 9.13 Å². The molecule has 0 spiro atoms. The van der Waals surface area contributed by atoms with Crippen molar-refractivity contribution in [2.45, 2.75) is 13.5 Å². The fraction of sp³-hybridized carbons (Fsp3) is 0.143. The predicted octanol–water partition coefficient (Wildman–Crippen LogP) is 5.46. The number of benzene rings is 3. The average molecular weight is 298 g/mol. The molecule has 0 bridgehead atoms. The molecule has 2 heteroatoms. The summed E-state index contributed by atoms with van der Waals surface area (Å²) in [4.78, 5) is 0. The highest BCUT2D eigenvalue weighted by molar-refractivity contribution is 6.18. The molecular formula is C21H18N2. The molecule has 0 aliphatic heterocycles. The molecule has 0 saturated heterocycles. The Morgan fingerprint density at radius 1 is 0.652 bits per heavy atom. The van der Waals surface area contributed by atoms with Crippen molar-refractivity contribution in [3.8, 4) is 0 Å². The van der Waals surface area contributed by atoms with Gasteiger partial charge in [0.2, 0.25) is 0 Å². The number of fused-ring (bicyclic) bond motifs is 6. The van der Waals surface area contributed by atoms with E-state index in [0.29, 0.717) is 0 Å². The van der Waals surface area contributed by atoms with Crippen molar-refractivity contribution in [3.63, 3.8) is 0 Å². The predicted molar refractivity (Wildman–Crippen MR) is 99.1 cm³/mol. The summed E-state index contributed by atoms with van der Waals surface area (Å²) in [6.07, 6.45) is 0. The van der Waals surface area contributed by atoms with Crippen LogP contribution in [0.2, 0.25) is 0 Å². The van der Waals surface area contributed by atoms with Gasteiger partial charge in [-0.2, -0.15) is 0 Å². The van der Waals surface area contributed by atoms with Crippen LogP contribution in [0.15, 0.2) is 60.7 Å². The Hall–Kier alpha value is -2.74. The molecule has 3 aromatic carbocycles. The Labute approximate surface area is 134 Å². The molecule has 0 N–H and O–H groups in total. The number of aryl methyl sites for hydroxylation is 2. The lowest BCUT2D eigenvalue weighted by molar-refractivity contribution is 0.827. The first kappa shape index (κ1) is 12.8. The van der Waals surface area contributed by atoms with Crippen LogP contribution in [0.4, 0.5) is 0 Å². The summed E-state index contributed by atoms with van der Waals surface area (Å²) in [6, 6.07) is 22.1. The maximum absolute atomic E-state index is 2.42. The topological polar surface area (TPSA) is 9.86 Å². The SMILES string of the molecule is CCn1c2ccccc2c2cc3c4ccccc4n(C)c3cc21. The molecule has 2 aromatic heterocycles. The van der Waals surface area contributed by atoms with Crippen LogP contribution in [0, 0.1) is 0 Å². The van der Waals surface area contributed by atoms with Crippen LogP contribution >= 0.6 is 0 Å². The summed E-state index contributed by atoms with van der Waals surface area (Å²) >= 11 is 0. The summed E-state index contributed by atoms with van der Waals surface area (Å²) in [5.74, 6) is 0. The van der Waals surface area contributed by atoms with Crippen LogP contribution in [0.1, 0.15) is 6.92 Å². The molecule has 0 atom stereocenters. The summed E-state index contributed by atoms with van der Waals surface area (Å²) in [6.45, 7) is 3.21. The smallest absolute Gasteiger partial charge is 0.0512 e. The number of rotatable bonds is 1. The van der Waals surface area contributed by atoms with Crippen molar-refractivity contribution < 1.29 is 0 Å². The van der Waals surface area contributed by atoms with Crippen molar-refractivity contribution in [1.82, 2.24) is 9.13 Å². The van der Waals surface area contributed by atoms with Gasteiger partial charge in [0.1, 0.15) is 0 Å². The quantitative estimate of drug-likeness (QED) is 0.389. The van der Waals surface area contributed by atoms with Crippen molar-refractivity contribution in [3.05, 3.63) is 60.7 Å². The first-order chi connectivity index (χ1) is 11.3. The van der Waals surface area contributed by atoms with E-state index in [1.807, 2.05) is 0 Å². The van der Waals surface area contributed by atoms with E-state index in [9.17, 15) is 0 Å². The van der Waals surface area contributed by atoms with Gasteiger partial charge in [0.05, 0.1) is 11.0 Å².